The van der Waals surface area contributed by atoms with Crippen LogP contribution >= 0.6 is 11.3 Å². The highest BCUT2D eigenvalue weighted by atomic mass is 32.1. The number of nitrogen functional groups attached to an aromatic ring is 1. The van der Waals surface area contributed by atoms with Crippen LogP contribution < -0.4 is 20.7 Å². The molecule has 2 heterocycles. The van der Waals surface area contributed by atoms with Crippen LogP contribution in [0, 0.1) is 0 Å². The number of rotatable bonds is 5. The number of thiophene rings is 1. The third-order valence-corrected chi connectivity index (χ3v) is 4.40. The summed E-state index contributed by atoms with van der Waals surface area (Å²) >= 11 is 1.52. The Kier molecular flexibility index (Phi) is 4.08. The van der Waals surface area contributed by atoms with Crippen molar-refractivity contribution >= 4 is 27.4 Å². The number of nitrogens with zero attached hydrogens (tertiary/aromatic N) is 2. The van der Waals surface area contributed by atoms with E-state index in [2.05, 4.69) is 15.4 Å². The monoisotopic (exact) mass is 316 g/mol. The Hall–Kier alpha value is -2.38. The molecule has 0 saturated heterocycles. The molecule has 0 spiro atoms. The molecule has 0 amide bonds. The van der Waals surface area contributed by atoms with Gasteiger partial charge >= 0.3 is 0 Å². The van der Waals surface area contributed by atoms with Crippen LogP contribution in [0.4, 0.5) is 5.82 Å². The molecule has 0 aliphatic carbocycles. The predicted octanol–water partition coefficient (Wildman–Crippen LogP) is 3.05. The number of nitrogens with two attached hydrogens (primary N) is 1. The molecule has 0 bridgehead atoms. The lowest BCUT2D eigenvalue weighted by atomic mass is 10.1. The quantitative estimate of drug-likeness (QED) is 0.556. The summed E-state index contributed by atoms with van der Waals surface area (Å²) in [6.07, 6.45) is 1.46. The molecule has 0 radical (unpaired) electrons. The van der Waals surface area contributed by atoms with E-state index in [1.165, 1.54) is 17.7 Å². The molecule has 3 aromatic rings. The number of fused-ring (bicyclic) bond motifs is 1. The van der Waals surface area contributed by atoms with E-state index in [9.17, 15) is 0 Å². The number of aromatic nitrogens is 2. The van der Waals surface area contributed by atoms with E-state index >= 15 is 0 Å². The fourth-order valence-corrected chi connectivity index (χ4v) is 3.50. The van der Waals surface area contributed by atoms with Crippen molar-refractivity contribution < 1.29 is 9.47 Å². The molecular formula is C15H16N4O2S. The van der Waals surface area contributed by atoms with Crippen molar-refractivity contribution in [3.05, 3.63) is 30.6 Å². The molecule has 0 saturated carbocycles. The average Bonchev–Trinajstić information content (AvgIpc) is 2.94. The van der Waals surface area contributed by atoms with Gasteiger partial charge in [-0.15, -0.1) is 11.3 Å². The minimum Gasteiger partial charge on any atom is -0.493 e. The Labute approximate surface area is 131 Å². The van der Waals surface area contributed by atoms with Gasteiger partial charge in [-0.05, 0) is 19.1 Å². The van der Waals surface area contributed by atoms with Crippen molar-refractivity contribution in [1.29, 1.82) is 0 Å². The van der Waals surface area contributed by atoms with Crippen LogP contribution in [0.25, 0.3) is 20.7 Å². The van der Waals surface area contributed by atoms with Gasteiger partial charge in [-0.1, -0.05) is 12.1 Å². The van der Waals surface area contributed by atoms with Crippen LogP contribution in [0.1, 0.15) is 6.92 Å². The zero-order valence-electron chi connectivity index (χ0n) is 12.3. The van der Waals surface area contributed by atoms with E-state index in [-0.39, 0.29) is 0 Å². The number of anilines is 1. The third kappa shape index (κ3) is 2.34. The van der Waals surface area contributed by atoms with Gasteiger partial charge in [-0.2, -0.15) is 0 Å². The molecule has 0 aliphatic rings. The highest BCUT2D eigenvalue weighted by molar-refractivity contribution is 7.23. The molecule has 6 nitrogen and oxygen atoms in total. The van der Waals surface area contributed by atoms with E-state index in [1.807, 2.05) is 31.2 Å². The first-order chi connectivity index (χ1) is 10.8. The minimum atomic E-state index is 0.577. The summed E-state index contributed by atoms with van der Waals surface area (Å²) in [5.74, 6) is 7.62. The van der Waals surface area contributed by atoms with E-state index in [0.29, 0.717) is 18.2 Å². The second-order valence-electron chi connectivity index (χ2n) is 4.44. The summed E-state index contributed by atoms with van der Waals surface area (Å²) in [5, 5.41) is 0. The first kappa shape index (κ1) is 14.6. The van der Waals surface area contributed by atoms with Gasteiger partial charge in [-0.25, -0.2) is 15.8 Å². The number of hydrogen-bond donors (Lipinski definition) is 2. The lowest BCUT2D eigenvalue weighted by Gasteiger charge is -2.09. The number of nitrogens with one attached hydrogen (secondary N) is 1. The van der Waals surface area contributed by atoms with Crippen molar-refractivity contribution in [2.75, 3.05) is 19.1 Å². The van der Waals surface area contributed by atoms with Gasteiger partial charge in [0.15, 0.2) is 11.6 Å². The molecule has 0 unspecified atom stereocenters. The molecule has 0 fully saturated rings. The number of ether oxygens (including phenoxy) is 2. The Bertz CT molecular complexity index is 803. The van der Waals surface area contributed by atoms with Gasteiger partial charge in [0.25, 0.3) is 0 Å². The summed E-state index contributed by atoms with van der Waals surface area (Å²) in [7, 11) is 1.63. The summed E-state index contributed by atoms with van der Waals surface area (Å²) < 4.78 is 12.2. The minimum absolute atomic E-state index is 0.577. The van der Waals surface area contributed by atoms with Crippen molar-refractivity contribution in [1.82, 2.24) is 9.97 Å². The molecule has 2 aromatic heterocycles. The Morgan fingerprint density at radius 1 is 1.27 bits per heavy atom. The standard InChI is InChI=1S/C15H16N4O2S/c1-3-21-10-7-5-4-6-9(10)13-12(20-2)11-14(22-13)15(19-16)18-8-17-11/h4-8H,3,16H2,1-2H3,(H,17,18,19). The summed E-state index contributed by atoms with van der Waals surface area (Å²) in [6, 6.07) is 7.86. The lowest BCUT2D eigenvalue weighted by molar-refractivity contribution is 0.341. The fraction of sp³-hybridized carbons (Fsp3) is 0.200. The normalized spacial score (nSPS) is 10.7. The molecule has 0 atom stereocenters. The van der Waals surface area contributed by atoms with Crippen molar-refractivity contribution in [3.63, 3.8) is 0 Å². The Morgan fingerprint density at radius 2 is 2.09 bits per heavy atom. The van der Waals surface area contributed by atoms with Crippen LogP contribution in [0.5, 0.6) is 11.5 Å². The van der Waals surface area contributed by atoms with Gasteiger partial charge in [-0.3, -0.25) is 0 Å². The number of hydrogen-bond acceptors (Lipinski definition) is 7. The van der Waals surface area contributed by atoms with Crippen LogP contribution in [0.15, 0.2) is 30.6 Å². The number of methoxy groups -OCH3 is 1. The lowest BCUT2D eigenvalue weighted by Crippen LogP contribution is -2.08. The maximum atomic E-state index is 5.72. The maximum Gasteiger partial charge on any atom is 0.164 e. The number of hydrazine groups is 1. The molecule has 22 heavy (non-hydrogen) atoms. The van der Waals surface area contributed by atoms with Crippen molar-refractivity contribution in [2.24, 2.45) is 5.84 Å². The molecule has 114 valence electrons. The van der Waals surface area contributed by atoms with Crippen molar-refractivity contribution in [2.45, 2.75) is 6.92 Å². The smallest absolute Gasteiger partial charge is 0.164 e. The molecule has 3 rings (SSSR count). The highest BCUT2D eigenvalue weighted by Crippen LogP contribution is 2.47. The molecular weight excluding hydrogens is 300 g/mol. The molecule has 3 N–H and O–H groups in total. The van der Waals surface area contributed by atoms with Crippen LogP contribution in [0.2, 0.25) is 0 Å². The van der Waals surface area contributed by atoms with Crippen molar-refractivity contribution in [3.8, 4) is 21.9 Å². The second kappa shape index (κ2) is 6.17. The summed E-state index contributed by atoms with van der Waals surface area (Å²) in [4.78, 5) is 9.41. The molecule has 0 aliphatic heterocycles. The largest absolute Gasteiger partial charge is 0.493 e. The Morgan fingerprint density at radius 3 is 2.82 bits per heavy atom. The van der Waals surface area contributed by atoms with E-state index in [1.54, 1.807) is 7.11 Å². The van der Waals surface area contributed by atoms with E-state index < -0.39 is 0 Å². The van der Waals surface area contributed by atoms with Gasteiger partial charge in [0, 0.05) is 5.56 Å². The van der Waals surface area contributed by atoms with E-state index in [0.717, 1.165) is 26.4 Å². The molecule has 1 aromatic carbocycles. The third-order valence-electron chi connectivity index (χ3n) is 3.20. The highest BCUT2D eigenvalue weighted by Gasteiger charge is 2.20. The van der Waals surface area contributed by atoms with Gasteiger partial charge < -0.3 is 14.9 Å². The summed E-state index contributed by atoms with van der Waals surface area (Å²) in [5.41, 5.74) is 4.30. The first-order valence-electron chi connectivity index (χ1n) is 6.80. The summed E-state index contributed by atoms with van der Waals surface area (Å²) in [6.45, 7) is 2.56. The maximum absolute atomic E-state index is 5.72. The number of para-hydroxylation sites is 1. The zero-order valence-corrected chi connectivity index (χ0v) is 13.1. The number of benzene rings is 1. The van der Waals surface area contributed by atoms with Gasteiger partial charge in [0.2, 0.25) is 0 Å². The van der Waals surface area contributed by atoms with Crippen LogP contribution in [-0.2, 0) is 0 Å². The predicted molar refractivity (Wildman–Crippen MR) is 88.4 cm³/mol. The van der Waals surface area contributed by atoms with Crippen LogP contribution in [-0.4, -0.2) is 23.7 Å². The van der Waals surface area contributed by atoms with Crippen LogP contribution in [0.3, 0.4) is 0 Å². The topological polar surface area (TPSA) is 82.3 Å². The average molecular weight is 316 g/mol. The SMILES string of the molecule is CCOc1ccccc1-c1sc2c(NN)ncnc2c1OC. The van der Waals surface area contributed by atoms with Gasteiger partial charge in [0.1, 0.15) is 22.3 Å². The molecule has 7 heteroatoms. The zero-order chi connectivity index (χ0) is 15.5. The van der Waals surface area contributed by atoms with Gasteiger partial charge in [0.05, 0.1) is 18.6 Å². The first-order valence-corrected chi connectivity index (χ1v) is 7.62. The second-order valence-corrected chi connectivity index (χ2v) is 5.46. The fourth-order valence-electron chi connectivity index (χ4n) is 2.29. The van der Waals surface area contributed by atoms with E-state index in [4.69, 9.17) is 15.3 Å². The Balaban J connectivity index is 2.27.